The first-order valence-corrected chi connectivity index (χ1v) is 6.14. The third-order valence-corrected chi connectivity index (χ3v) is 2.68. The minimum absolute atomic E-state index is 0.158. The zero-order valence-electron chi connectivity index (χ0n) is 11.3. The number of hydrogen-bond acceptors (Lipinski definition) is 3. The van der Waals surface area contributed by atoms with Gasteiger partial charge >= 0.3 is 0 Å². The summed E-state index contributed by atoms with van der Waals surface area (Å²) in [7, 11) is 1.79. The van der Waals surface area contributed by atoms with Crippen LogP contribution in [0.1, 0.15) is 23.0 Å². The molecule has 100 valence electrons. The lowest BCUT2D eigenvalue weighted by Gasteiger charge is -2.06. The van der Waals surface area contributed by atoms with Crippen molar-refractivity contribution in [2.45, 2.75) is 13.8 Å². The third kappa shape index (κ3) is 3.13. The fourth-order valence-corrected chi connectivity index (χ4v) is 1.82. The molecular formula is C14H17N3O2. The predicted molar refractivity (Wildman–Crippen MR) is 73.5 cm³/mol. The molecule has 1 aromatic carbocycles. The van der Waals surface area contributed by atoms with Crippen LogP contribution >= 0.6 is 0 Å². The van der Waals surface area contributed by atoms with Crippen LogP contribution in [-0.4, -0.2) is 22.3 Å². The molecule has 1 heterocycles. The van der Waals surface area contributed by atoms with Crippen molar-refractivity contribution in [1.82, 2.24) is 9.78 Å². The number of aromatic nitrogens is 2. The Labute approximate surface area is 112 Å². The summed E-state index contributed by atoms with van der Waals surface area (Å²) in [6.45, 7) is 4.37. The Balaban J connectivity index is 2.08. The van der Waals surface area contributed by atoms with Crippen LogP contribution in [0.4, 0.5) is 5.69 Å². The standard InChI is InChI=1S/C14H17N3O2/c1-4-19-12-7-5-11(6-8-12)15-14(18)13-9-17(3)16-10(13)2/h5-9H,4H2,1-3H3,(H,15,18). The van der Waals surface area contributed by atoms with E-state index in [-0.39, 0.29) is 5.91 Å². The zero-order chi connectivity index (χ0) is 13.8. The number of nitrogens with one attached hydrogen (secondary N) is 1. The fourth-order valence-electron chi connectivity index (χ4n) is 1.82. The highest BCUT2D eigenvalue weighted by Crippen LogP contribution is 2.17. The van der Waals surface area contributed by atoms with Gasteiger partial charge in [-0.25, -0.2) is 0 Å². The SMILES string of the molecule is CCOc1ccc(NC(=O)c2cn(C)nc2C)cc1. The van der Waals surface area contributed by atoms with Crippen molar-refractivity contribution in [3.63, 3.8) is 0 Å². The first-order valence-electron chi connectivity index (χ1n) is 6.14. The largest absolute Gasteiger partial charge is 0.494 e. The summed E-state index contributed by atoms with van der Waals surface area (Å²) in [5.41, 5.74) is 2.03. The monoisotopic (exact) mass is 259 g/mol. The zero-order valence-corrected chi connectivity index (χ0v) is 11.3. The van der Waals surface area contributed by atoms with E-state index in [1.165, 1.54) is 0 Å². The average Bonchev–Trinajstić information content (AvgIpc) is 2.71. The van der Waals surface area contributed by atoms with Crippen LogP contribution in [0.25, 0.3) is 0 Å². The number of rotatable bonds is 4. The molecule has 1 aromatic heterocycles. The van der Waals surface area contributed by atoms with E-state index in [1.807, 2.05) is 38.1 Å². The molecule has 0 aliphatic carbocycles. The summed E-state index contributed by atoms with van der Waals surface area (Å²) < 4.78 is 6.97. The van der Waals surface area contributed by atoms with E-state index in [4.69, 9.17) is 4.74 Å². The third-order valence-electron chi connectivity index (χ3n) is 2.68. The Hall–Kier alpha value is -2.30. The number of aryl methyl sites for hydroxylation is 2. The van der Waals surface area contributed by atoms with Gasteiger partial charge in [-0.15, -0.1) is 0 Å². The predicted octanol–water partition coefficient (Wildman–Crippen LogP) is 2.38. The quantitative estimate of drug-likeness (QED) is 0.917. The summed E-state index contributed by atoms with van der Waals surface area (Å²) in [4.78, 5) is 12.1. The van der Waals surface area contributed by atoms with Gasteiger partial charge in [0.25, 0.3) is 5.91 Å². The van der Waals surface area contributed by atoms with Crippen molar-refractivity contribution in [1.29, 1.82) is 0 Å². The van der Waals surface area contributed by atoms with Crippen LogP contribution in [-0.2, 0) is 7.05 Å². The van der Waals surface area contributed by atoms with E-state index in [0.29, 0.717) is 17.9 Å². The van der Waals surface area contributed by atoms with Crippen molar-refractivity contribution in [2.24, 2.45) is 7.05 Å². The Morgan fingerprint density at radius 1 is 1.37 bits per heavy atom. The van der Waals surface area contributed by atoms with Gasteiger partial charge in [0.15, 0.2) is 0 Å². The molecule has 2 aromatic rings. The second-order valence-corrected chi connectivity index (χ2v) is 4.21. The lowest BCUT2D eigenvalue weighted by atomic mass is 10.2. The number of carbonyl (C=O) groups excluding carboxylic acids is 1. The van der Waals surface area contributed by atoms with Crippen molar-refractivity contribution in [2.75, 3.05) is 11.9 Å². The maximum atomic E-state index is 12.1. The number of benzene rings is 1. The Kier molecular flexibility index (Phi) is 3.85. The molecule has 2 rings (SSSR count). The van der Waals surface area contributed by atoms with Crippen molar-refractivity contribution in [3.8, 4) is 5.75 Å². The van der Waals surface area contributed by atoms with E-state index in [1.54, 1.807) is 17.9 Å². The molecule has 0 spiro atoms. The number of ether oxygens (including phenoxy) is 1. The molecule has 19 heavy (non-hydrogen) atoms. The second-order valence-electron chi connectivity index (χ2n) is 4.21. The maximum Gasteiger partial charge on any atom is 0.259 e. The van der Waals surface area contributed by atoms with E-state index in [2.05, 4.69) is 10.4 Å². The highest BCUT2D eigenvalue weighted by Gasteiger charge is 2.12. The lowest BCUT2D eigenvalue weighted by molar-refractivity contribution is 0.102. The number of nitrogens with zero attached hydrogens (tertiary/aromatic N) is 2. The molecule has 0 radical (unpaired) electrons. The van der Waals surface area contributed by atoms with Gasteiger partial charge in [-0.05, 0) is 38.1 Å². The molecule has 5 nitrogen and oxygen atoms in total. The Morgan fingerprint density at radius 2 is 2.05 bits per heavy atom. The van der Waals surface area contributed by atoms with Crippen molar-refractivity contribution < 1.29 is 9.53 Å². The first-order chi connectivity index (χ1) is 9.10. The van der Waals surface area contributed by atoms with E-state index in [0.717, 1.165) is 11.4 Å². The molecule has 0 saturated heterocycles. The van der Waals surface area contributed by atoms with Crippen LogP contribution in [0, 0.1) is 6.92 Å². The minimum Gasteiger partial charge on any atom is -0.494 e. The van der Waals surface area contributed by atoms with E-state index < -0.39 is 0 Å². The summed E-state index contributed by atoms with van der Waals surface area (Å²) >= 11 is 0. The summed E-state index contributed by atoms with van der Waals surface area (Å²) in [5.74, 6) is 0.632. The van der Waals surface area contributed by atoms with Gasteiger partial charge in [-0.1, -0.05) is 0 Å². The van der Waals surface area contributed by atoms with Crippen LogP contribution in [0.15, 0.2) is 30.5 Å². The molecule has 0 bridgehead atoms. The molecule has 0 aliphatic rings. The molecule has 0 atom stereocenters. The van der Waals surface area contributed by atoms with Gasteiger partial charge in [-0.3, -0.25) is 9.48 Å². The minimum atomic E-state index is -0.158. The van der Waals surface area contributed by atoms with E-state index >= 15 is 0 Å². The average molecular weight is 259 g/mol. The summed E-state index contributed by atoms with van der Waals surface area (Å²) in [5, 5.41) is 6.98. The van der Waals surface area contributed by atoms with Gasteiger partial charge in [0, 0.05) is 18.9 Å². The van der Waals surface area contributed by atoms with Gasteiger partial charge in [0.2, 0.25) is 0 Å². The van der Waals surface area contributed by atoms with E-state index in [9.17, 15) is 4.79 Å². The van der Waals surface area contributed by atoms with Crippen LogP contribution in [0.3, 0.4) is 0 Å². The lowest BCUT2D eigenvalue weighted by Crippen LogP contribution is -2.12. The molecule has 0 aliphatic heterocycles. The fraction of sp³-hybridized carbons (Fsp3) is 0.286. The van der Waals surface area contributed by atoms with Gasteiger partial charge < -0.3 is 10.1 Å². The summed E-state index contributed by atoms with van der Waals surface area (Å²) in [6, 6.07) is 7.29. The van der Waals surface area contributed by atoms with Crippen molar-refractivity contribution in [3.05, 3.63) is 41.7 Å². The number of amides is 1. The molecule has 0 unspecified atom stereocenters. The topological polar surface area (TPSA) is 56.1 Å². The van der Waals surface area contributed by atoms with Crippen LogP contribution in [0.5, 0.6) is 5.75 Å². The van der Waals surface area contributed by atoms with Crippen LogP contribution < -0.4 is 10.1 Å². The number of carbonyl (C=O) groups is 1. The molecule has 0 fully saturated rings. The molecular weight excluding hydrogens is 242 g/mol. The van der Waals surface area contributed by atoms with Crippen LogP contribution in [0.2, 0.25) is 0 Å². The maximum absolute atomic E-state index is 12.1. The van der Waals surface area contributed by atoms with Gasteiger partial charge in [0.1, 0.15) is 5.75 Å². The molecule has 1 amide bonds. The number of anilines is 1. The van der Waals surface area contributed by atoms with Gasteiger partial charge in [0.05, 0.1) is 17.9 Å². The number of hydrogen-bond donors (Lipinski definition) is 1. The normalized spacial score (nSPS) is 10.3. The Morgan fingerprint density at radius 3 is 2.58 bits per heavy atom. The Bertz CT molecular complexity index is 573. The molecule has 0 saturated carbocycles. The highest BCUT2D eigenvalue weighted by molar-refractivity contribution is 6.04. The first kappa shape index (κ1) is 13.1. The smallest absolute Gasteiger partial charge is 0.259 e. The highest BCUT2D eigenvalue weighted by atomic mass is 16.5. The van der Waals surface area contributed by atoms with Gasteiger partial charge in [-0.2, -0.15) is 5.10 Å². The molecule has 1 N–H and O–H groups in total. The second kappa shape index (κ2) is 5.56. The summed E-state index contributed by atoms with van der Waals surface area (Å²) in [6.07, 6.45) is 1.71. The van der Waals surface area contributed by atoms with Crippen molar-refractivity contribution >= 4 is 11.6 Å². The molecule has 5 heteroatoms.